The number of aliphatic hydroxyl groups excluding tert-OH is 1. The summed E-state index contributed by atoms with van der Waals surface area (Å²) in [7, 11) is 0. The summed E-state index contributed by atoms with van der Waals surface area (Å²) in [5.41, 5.74) is 0. The van der Waals surface area contributed by atoms with E-state index in [0.29, 0.717) is 4.88 Å². The van der Waals surface area contributed by atoms with Crippen LogP contribution < -0.4 is 0 Å². The van der Waals surface area contributed by atoms with Gasteiger partial charge in [0, 0.05) is 0 Å². The second kappa shape index (κ2) is 4.54. The second-order valence-corrected chi connectivity index (χ2v) is 2.75. The molecule has 12 heavy (non-hydrogen) atoms. The fraction of sp³-hybridized carbons (Fsp3) is 0.125. The summed E-state index contributed by atoms with van der Waals surface area (Å²) in [4.78, 5) is 11.5. The molecule has 0 fully saturated rings. The van der Waals surface area contributed by atoms with Gasteiger partial charge in [0.25, 0.3) is 0 Å². The fourth-order valence-electron chi connectivity index (χ4n) is 0.560. The van der Waals surface area contributed by atoms with E-state index in [1.165, 1.54) is 11.3 Å². The molecule has 3 nitrogen and oxygen atoms in total. The highest BCUT2D eigenvalue weighted by molar-refractivity contribution is 7.11. The minimum absolute atomic E-state index is 0.308. The highest BCUT2D eigenvalue weighted by Crippen LogP contribution is 2.09. The standard InChI is InChI=1S/C8H6O3S/c9-4-2-5-11-8(10)7-3-1-6-12-7/h1,3,6,9H,4H2. The number of aliphatic hydroxyl groups is 1. The molecule has 1 aromatic heterocycles. The Morgan fingerprint density at radius 3 is 3.17 bits per heavy atom. The molecule has 0 amide bonds. The molecule has 0 aliphatic rings. The van der Waals surface area contributed by atoms with Gasteiger partial charge in [0.1, 0.15) is 17.6 Å². The Labute approximate surface area is 73.6 Å². The molecule has 0 aliphatic heterocycles. The summed E-state index contributed by atoms with van der Waals surface area (Å²) in [5, 5.41) is 10.0. The van der Waals surface area contributed by atoms with Crippen LogP contribution in [0.1, 0.15) is 9.67 Å². The molecule has 1 N–H and O–H groups in total. The van der Waals surface area contributed by atoms with Crippen LogP contribution >= 0.6 is 11.3 Å². The lowest BCUT2D eigenvalue weighted by Gasteiger charge is -1.89. The minimum Gasteiger partial charge on any atom is -0.384 e. The fourth-order valence-corrected chi connectivity index (χ4v) is 1.16. The highest BCUT2D eigenvalue weighted by atomic mass is 32.1. The van der Waals surface area contributed by atoms with Gasteiger partial charge in [-0.05, 0) is 17.4 Å². The Balaban J connectivity index is 2.51. The molecule has 1 aromatic rings. The van der Waals surface area contributed by atoms with Crippen LogP contribution in [0, 0.1) is 12.0 Å². The van der Waals surface area contributed by atoms with Gasteiger partial charge in [-0.2, -0.15) is 0 Å². The summed E-state index contributed by atoms with van der Waals surface area (Å²) in [6.07, 6.45) is 2.08. The maximum atomic E-state index is 11.0. The summed E-state index contributed by atoms with van der Waals surface area (Å²) >= 11 is 1.28. The van der Waals surface area contributed by atoms with Gasteiger partial charge in [0.05, 0.1) is 0 Å². The van der Waals surface area contributed by atoms with Crippen molar-refractivity contribution < 1.29 is 14.6 Å². The predicted molar refractivity (Wildman–Crippen MR) is 44.6 cm³/mol. The SMILES string of the molecule is O=C(OC#CCO)c1cccs1. The predicted octanol–water partition coefficient (Wildman–Crippen LogP) is 0.858. The molecule has 1 heterocycles. The zero-order chi connectivity index (χ0) is 8.81. The van der Waals surface area contributed by atoms with Crippen molar-refractivity contribution in [1.29, 1.82) is 0 Å². The number of thiophene rings is 1. The Morgan fingerprint density at radius 2 is 2.58 bits per heavy atom. The lowest BCUT2D eigenvalue weighted by molar-refractivity contribution is 0.0695. The van der Waals surface area contributed by atoms with Crippen LogP contribution in [-0.2, 0) is 4.74 Å². The number of esters is 1. The van der Waals surface area contributed by atoms with E-state index in [0.717, 1.165) is 0 Å². The molecule has 0 aromatic carbocycles. The topological polar surface area (TPSA) is 46.5 Å². The molecule has 0 saturated heterocycles. The average molecular weight is 182 g/mol. The molecular formula is C8H6O3S. The number of rotatable bonds is 1. The molecule has 4 heteroatoms. The van der Waals surface area contributed by atoms with Crippen LogP contribution in [0.25, 0.3) is 0 Å². The van der Waals surface area contributed by atoms with Crippen LogP contribution in [0.2, 0.25) is 0 Å². The van der Waals surface area contributed by atoms with E-state index >= 15 is 0 Å². The Hall–Kier alpha value is -1.31. The number of carbonyl (C=O) groups is 1. The number of ether oxygens (including phenoxy) is 1. The van der Waals surface area contributed by atoms with Crippen molar-refractivity contribution in [2.75, 3.05) is 6.61 Å². The van der Waals surface area contributed by atoms with Crippen LogP contribution in [0.15, 0.2) is 17.5 Å². The lowest BCUT2D eigenvalue weighted by atomic mass is 10.5. The largest absolute Gasteiger partial charge is 0.384 e. The van der Waals surface area contributed by atoms with Gasteiger partial charge in [-0.1, -0.05) is 6.07 Å². The van der Waals surface area contributed by atoms with Crippen molar-refractivity contribution >= 4 is 17.3 Å². The normalized spacial score (nSPS) is 8.42. The quantitative estimate of drug-likeness (QED) is 0.517. The molecular weight excluding hydrogens is 176 g/mol. The van der Waals surface area contributed by atoms with Crippen molar-refractivity contribution in [3.63, 3.8) is 0 Å². The first-order valence-electron chi connectivity index (χ1n) is 3.18. The highest BCUT2D eigenvalue weighted by Gasteiger charge is 2.05. The van der Waals surface area contributed by atoms with Gasteiger partial charge >= 0.3 is 5.97 Å². The summed E-state index contributed by atoms with van der Waals surface area (Å²) < 4.78 is 4.48. The molecule has 0 saturated carbocycles. The molecule has 0 aliphatic carbocycles. The van der Waals surface area contributed by atoms with Crippen LogP contribution in [0.5, 0.6) is 0 Å². The molecule has 0 spiro atoms. The molecule has 0 radical (unpaired) electrons. The van der Waals surface area contributed by atoms with E-state index < -0.39 is 5.97 Å². The summed E-state index contributed by atoms with van der Waals surface area (Å²) in [5.74, 6) is 1.73. The van der Waals surface area contributed by atoms with Gasteiger partial charge in [-0.15, -0.1) is 11.3 Å². The first kappa shape index (κ1) is 8.78. The first-order valence-corrected chi connectivity index (χ1v) is 4.06. The molecule has 0 unspecified atom stereocenters. The molecule has 62 valence electrons. The van der Waals surface area contributed by atoms with E-state index in [9.17, 15) is 4.79 Å². The van der Waals surface area contributed by atoms with Crippen molar-refractivity contribution in [1.82, 2.24) is 0 Å². The van der Waals surface area contributed by atoms with Gasteiger partial charge < -0.3 is 9.84 Å². The number of hydrogen-bond acceptors (Lipinski definition) is 4. The van der Waals surface area contributed by atoms with Gasteiger partial charge in [0.15, 0.2) is 0 Å². The van der Waals surface area contributed by atoms with Gasteiger partial charge in [-0.25, -0.2) is 4.79 Å². The van der Waals surface area contributed by atoms with Crippen molar-refractivity contribution in [2.24, 2.45) is 0 Å². The summed E-state index contributed by atoms with van der Waals surface area (Å²) in [6, 6.07) is 3.40. The van der Waals surface area contributed by atoms with Crippen molar-refractivity contribution in [2.45, 2.75) is 0 Å². The zero-order valence-corrected chi connectivity index (χ0v) is 6.93. The maximum absolute atomic E-state index is 11.0. The van der Waals surface area contributed by atoms with Crippen LogP contribution in [0.3, 0.4) is 0 Å². The Bertz CT molecular complexity index is 305. The first-order chi connectivity index (χ1) is 5.84. The average Bonchev–Trinajstić information content (AvgIpc) is 2.56. The van der Waals surface area contributed by atoms with Gasteiger partial charge in [-0.3, -0.25) is 0 Å². The van der Waals surface area contributed by atoms with Crippen molar-refractivity contribution in [3.05, 3.63) is 22.4 Å². The zero-order valence-electron chi connectivity index (χ0n) is 6.11. The molecule has 0 bridgehead atoms. The number of carbonyl (C=O) groups excluding carboxylic acids is 1. The minimum atomic E-state index is -0.481. The second-order valence-electron chi connectivity index (χ2n) is 1.80. The lowest BCUT2D eigenvalue weighted by Crippen LogP contribution is -1.97. The molecule has 0 atom stereocenters. The monoisotopic (exact) mass is 182 g/mol. The van der Waals surface area contributed by atoms with E-state index in [-0.39, 0.29) is 6.61 Å². The van der Waals surface area contributed by atoms with Crippen LogP contribution in [-0.4, -0.2) is 17.7 Å². The van der Waals surface area contributed by atoms with Crippen LogP contribution in [0.4, 0.5) is 0 Å². The Kier molecular flexibility index (Phi) is 3.33. The van der Waals surface area contributed by atoms with E-state index in [1.54, 1.807) is 17.5 Å². The third-order valence-corrected chi connectivity index (χ3v) is 1.87. The van der Waals surface area contributed by atoms with E-state index in [2.05, 4.69) is 16.8 Å². The van der Waals surface area contributed by atoms with Crippen molar-refractivity contribution in [3.8, 4) is 12.0 Å². The maximum Gasteiger partial charge on any atom is 0.362 e. The third kappa shape index (κ3) is 2.38. The molecule has 1 rings (SSSR count). The van der Waals surface area contributed by atoms with Gasteiger partial charge in [0.2, 0.25) is 0 Å². The van der Waals surface area contributed by atoms with E-state index in [1.807, 2.05) is 0 Å². The number of hydrogen-bond donors (Lipinski definition) is 1. The van der Waals surface area contributed by atoms with E-state index in [4.69, 9.17) is 5.11 Å². The summed E-state index contributed by atoms with van der Waals surface area (Å²) in [6.45, 7) is -0.308. The Morgan fingerprint density at radius 1 is 1.75 bits per heavy atom. The third-order valence-electron chi connectivity index (χ3n) is 1.02. The smallest absolute Gasteiger partial charge is 0.362 e.